The first-order valence-corrected chi connectivity index (χ1v) is 20.8. The van der Waals surface area contributed by atoms with Gasteiger partial charge < -0.3 is 69.1 Å². The number of aliphatic hydroxyl groups is 2. The number of carboxylic acid groups (broad SMARTS) is 2. The van der Waals surface area contributed by atoms with Crippen LogP contribution in [0.4, 0.5) is 0 Å². The van der Waals surface area contributed by atoms with Gasteiger partial charge in [-0.2, -0.15) is 0 Å². The molecule has 15 N–H and O–H groups in total. The summed E-state index contributed by atoms with van der Waals surface area (Å²) in [7, 11) is 0. The van der Waals surface area contributed by atoms with Crippen molar-refractivity contribution in [3.63, 3.8) is 0 Å². The third kappa shape index (κ3) is 20.3. The number of nitrogens with two attached hydrogens (primary N) is 2. The number of hydrogen-bond donors (Lipinski definition) is 13. The molecule has 23 nitrogen and oxygen atoms in total. The van der Waals surface area contributed by atoms with Crippen molar-refractivity contribution >= 4 is 59.2 Å². The molecule has 0 fully saturated rings. The Hall–Kier alpha value is -6.20. The first-order valence-electron chi connectivity index (χ1n) is 20.8. The number of hydrogen-bond acceptors (Lipinski definition) is 13. The van der Waals surface area contributed by atoms with Crippen LogP contribution in [0.2, 0.25) is 0 Å². The monoisotopic (exact) mass is 907 g/mol. The standard InChI is InChI=1S/C41H65N9O14/c1-20(2)14-26(47-39(61)30(19-52)49-37(59)28(17-32(54)55)45-34(56)24(42)18-51)36(58)44-25(12-13-31(43)53)35(57)46-27(15-21(3)4)38(60)50-33(22(5)6)40(62)48-29(41(63)64)16-23-10-8-7-9-11-23/h7-11,20-22,24-30,33,51-52H,12-19,42H2,1-6H3,(H2,43,53)(H,44,58)(H,45,56)(H,46,57)(H,47,61)(H,48,62)(H,49,59)(H,50,60)(H,54,55)(H,63,64)/t24-,25-,26-,27-,28-,29-,30-,33-/m0/s1. The normalized spacial score (nSPS) is 14.9. The van der Waals surface area contributed by atoms with Gasteiger partial charge in [-0.25, -0.2) is 4.79 Å². The SMILES string of the molecule is CC(C)C[C@H](NC(=O)[C@H](CO)NC(=O)[C@H](CC(=O)O)NC(=O)[C@@H](N)CO)C(=O)N[C@@H](CCC(N)=O)C(=O)N[C@@H](CC(C)C)C(=O)N[C@H](C(=O)N[C@@H](Cc1ccccc1)C(=O)O)C(C)C. The zero-order chi connectivity index (χ0) is 48.8. The molecule has 358 valence electrons. The molecule has 8 atom stereocenters. The van der Waals surface area contributed by atoms with Gasteiger partial charge in [0, 0.05) is 12.8 Å². The number of carboxylic acids is 2. The highest BCUT2D eigenvalue weighted by Crippen LogP contribution is 2.12. The number of nitrogens with one attached hydrogen (secondary N) is 7. The molecule has 0 aliphatic carbocycles. The zero-order valence-corrected chi connectivity index (χ0v) is 36.9. The maximum atomic E-state index is 13.9. The van der Waals surface area contributed by atoms with Crippen LogP contribution in [0.1, 0.15) is 79.2 Å². The lowest BCUT2D eigenvalue weighted by Crippen LogP contribution is -2.61. The summed E-state index contributed by atoms with van der Waals surface area (Å²) in [6.07, 6.45) is -1.85. The molecule has 0 saturated heterocycles. The van der Waals surface area contributed by atoms with Gasteiger partial charge in [-0.05, 0) is 42.6 Å². The summed E-state index contributed by atoms with van der Waals surface area (Å²) in [6.45, 7) is 8.24. The third-order valence-corrected chi connectivity index (χ3v) is 9.50. The summed E-state index contributed by atoms with van der Waals surface area (Å²) in [5.74, 6) is -11.7. The molecular formula is C41H65N9O14. The molecule has 0 spiro atoms. The van der Waals surface area contributed by atoms with Crippen LogP contribution in [0.3, 0.4) is 0 Å². The number of carbonyl (C=O) groups excluding carboxylic acids is 8. The summed E-state index contributed by atoms with van der Waals surface area (Å²) in [5.41, 5.74) is 11.4. The van der Waals surface area contributed by atoms with Crippen molar-refractivity contribution in [3.8, 4) is 0 Å². The van der Waals surface area contributed by atoms with Crippen LogP contribution in [0.15, 0.2) is 30.3 Å². The Bertz CT molecular complexity index is 1780. The van der Waals surface area contributed by atoms with Gasteiger partial charge >= 0.3 is 11.9 Å². The van der Waals surface area contributed by atoms with Crippen molar-refractivity contribution in [3.05, 3.63) is 35.9 Å². The Balaban J connectivity index is 3.33. The van der Waals surface area contributed by atoms with Crippen molar-refractivity contribution in [1.29, 1.82) is 0 Å². The van der Waals surface area contributed by atoms with Gasteiger partial charge in [0.15, 0.2) is 0 Å². The van der Waals surface area contributed by atoms with Gasteiger partial charge in [0.1, 0.15) is 48.3 Å². The topological polar surface area (TPSA) is 388 Å². The fraction of sp³-hybridized carbons (Fsp3) is 0.610. The van der Waals surface area contributed by atoms with Crippen LogP contribution in [0.5, 0.6) is 0 Å². The molecule has 1 aromatic rings. The Morgan fingerprint density at radius 3 is 1.44 bits per heavy atom. The van der Waals surface area contributed by atoms with E-state index in [1.54, 1.807) is 71.9 Å². The lowest BCUT2D eigenvalue weighted by Gasteiger charge is -2.29. The van der Waals surface area contributed by atoms with Gasteiger partial charge in [-0.15, -0.1) is 0 Å². The van der Waals surface area contributed by atoms with E-state index in [4.69, 9.17) is 16.6 Å². The fourth-order valence-electron chi connectivity index (χ4n) is 6.09. The molecule has 0 heterocycles. The average Bonchev–Trinajstić information content (AvgIpc) is 3.21. The minimum Gasteiger partial charge on any atom is -0.481 e. The minimum absolute atomic E-state index is 0.0256. The molecule has 0 aliphatic rings. The minimum atomic E-state index is -1.80. The van der Waals surface area contributed by atoms with Crippen LogP contribution in [-0.2, 0) is 54.4 Å². The average molecular weight is 908 g/mol. The molecule has 23 heteroatoms. The van der Waals surface area contributed by atoms with Crippen molar-refractivity contribution in [2.75, 3.05) is 13.2 Å². The summed E-state index contributed by atoms with van der Waals surface area (Å²) < 4.78 is 0. The van der Waals surface area contributed by atoms with Gasteiger partial charge in [0.05, 0.1) is 19.6 Å². The number of aliphatic hydroxyl groups excluding tert-OH is 2. The largest absolute Gasteiger partial charge is 0.481 e. The number of rotatable bonds is 29. The van der Waals surface area contributed by atoms with Gasteiger partial charge in [0.2, 0.25) is 47.3 Å². The fourth-order valence-corrected chi connectivity index (χ4v) is 6.09. The Morgan fingerprint density at radius 1 is 0.547 bits per heavy atom. The molecule has 1 rings (SSSR count). The summed E-state index contributed by atoms with van der Waals surface area (Å²) in [6, 6.07) is -3.40. The smallest absolute Gasteiger partial charge is 0.326 e. The van der Waals surface area contributed by atoms with E-state index in [0.29, 0.717) is 5.56 Å². The van der Waals surface area contributed by atoms with E-state index in [1.165, 1.54) is 0 Å². The number of aliphatic carboxylic acids is 2. The predicted octanol–water partition coefficient (Wildman–Crippen LogP) is -3.49. The van der Waals surface area contributed by atoms with Gasteiger partial charge in [-0.3, -0.25) is 43.2 Å². The van der Waals surface area contributed by atoms with E-state index in [9.17, 15) is 63.3 Å². The molecule has 0 bridgehead atoms. The molecule has 8 amide bonds. The summed E-state index contributed by atoms with van der Waals surface area (Å²) >= 11 is 0. The number of primary amides is 1. The van der Waals surface area contributed by atoms with Crippen molar-refractivity contribution in [1.82, 2.24) is 37.2 Å². The number of benzene rings is 1. The highest BCUT2D eigenvalue weighted by Gasteiger charge is 2.36. The van der Waals surface area contributed by atoms with E-state index >= 15 is 0 Å². The zero-order valence-electron chi connectivity index (χ0n) is 36.9. The highest BCUT2D eigenvalue weighted by molar-refractivity contribution is 5.98. The van der Waals surface area contributed by atoms with E-state index in [-0.39, 0.29) is 37.5 Å². The quantitative estimate of drug-likeness (QED) is 0.0371. The third-order valence-electron chi connectivity index (χ3n) is 9.50. The Morgan fingerprint density at radius 2 is 0.984 bits per heavy atom. The van der Waals surface area contributed by atoms with Gasteiger partial charge in [-0.1, -0.05) is 71.9 Å². The second-order valence-electron chi connectivity index (χ2n) is 16.5. The van der Waals surface area contributed by atoms with Crippen LogP contribution in [0.25, 0.3) is 0 Å². The van der Waals surface area contributed by atoms with Crippen molar-refractivity contribution in [2.24, 2.45) is 29.2 Å². The second-order valence-corrected chi connectivity index (χ2v) is 16.5. The van der Waals surface area contributed by atoms with Crippen molar-refractivity contribution < 1.29 is 68.4 Å². The van der Waals surface area contributed by atoms with Crippen molar-refractivity contribution in [2.45, 2.75) is 128 Å². The number of carbonyl (C=O) groups is 10. The van der Waals surface area contributed by atoms with E-state index in [1.807, 2.05) is 5.32 Å². The van der Waals surface area contributed by atoms with E-state index in [0.717, 1.165) is 0 Å². The molecule has 0 aromatic heterocycles. The number of amides is 8. The summed E-state index contributed by atoms with van der Waals surface area (Å²) in [5, 5.41) is 54.9. The van der Waals surface area contributed by atoms with Gasteiger partial charge in [0.25, 0.3) is 0 Å². The maximum Gasteiger partial charge on any atom is 0.326 e. The molecule has 0 aliphatic heterocycles. The molecule has 1 aromatic carbocycles. The molecular weight excluding hydrogens is 842 g/mol. The molecule has 0 unspecified atom stereocenters. The second kappa shape index (κ2) is 27.8. The summed E-state index contributed by atoms with van der Waals surface area (Å²) in [4.78, 5) is 129. The first kappa shape index (κ1) is 55.8. The van der Waals surface area contributed by atoms with E-state index in [2.05, 4.69) is 31.9 Å². The van der Waals surface area contributed by atoms with E-state index < -0.39 is 140 Å². The highest BCUT2D eigenvalue weighted by atomic mass is 16.4. The van der Waals surface area contributed by atoms with Crippen LogP contribution < -0.4 is 48.7 Å². The van der Waals surface area contributed by atoms with Crippen LogP contribution in [-0.4, -0.2) is 141 Å². The molecule has 0 radical (unpaired) electrons. The Kier molecular flexibility index (Phi) is 24.2. The lowest BCUT2D eigenvalue weighted by atomic mass is 9.98. The Labute approximate surface area is 371 Å². The first-order chi connectivity index (χ1) is 29.9. The molecule has 64 heavy (non-hydrogen) atoms. The predicted molar refractivity (Wildman–Crippen MR) is 228 cm³/mol. The lowest BCUT2D eigenvalue weighted by molar-refractivity contribution is -0.142. The maximum absolute atomic E-state index is 13.9. The molecule has 0 saturated carbocycles. The van der Waals surface area contributed by atoms with Crippen LogP contribution in [0, 0.1) is 17.8 Å². The van der Waals surface area contributed by atoms with Crippen LogP contribution >= 0.6 is 0 Å².